The lowest BCUT2D eigenvalue weighted by molar-refractivity contribution is -0.159. The Balaban J connectivity index is 0.000000105. The van der Waals surface area contributed by atoms with Gasteiger partial charge in [-0.05, 0) is 187 Å². The topological polar surface area (TPSA) is 265 Å². The van der Waals surface area contributed by atoms with E-state index in [0.29, 0.717) is 72.7 Å². The highest BCUT2D eigenvalue weighted by molar-refractivity contribution is 6.34. The number of aliphatic hydroxyl groups is 3. The summed E-state index contributed by atoms with van der Waals surface area (Å²) in [5, 5.41) is 47.7. The highest BCUT2D eigenvalue weighted by Crippen LogP contribution is 2.68. The largest absolute Gasteiger partial charge is 0.520 e. The number of allylic oxidation sites excluding steroid dienone is 2. The number of aliphatic hydroxyl groups excluding tert-OH is 1. The number of hydrogen-bond donors (Lipinski definition) is 7. The third-order valence-electron chi connectivity index (χ3n) is 29.9. The van der Waals surface area contributed by atoms with Crippen molar-refractivity contribution in [2.24, 2.45) is 11.8 Å². The molecule has 1 spiro atoms. The molecule has 22 nitrogen and oxygen atoms in total. The number of rotatable bonds is 19. The standard InChI is InChI=1S/C19H25NO4.C19H23NO4.C19H25NO3.C19H23NO3.C18H19NO3Si/c2*1-4-8-18-15-11-5-6-13(23-3)16(15)24-17(18)12(21)7-9-19(18,22)14(10-11)20-2;2*1-4-9-19-12-6-7-14(21)18(19)23-17-15(22-3)8-5-11(16(17)19)10-13(12)20-2;1-19-9-18-11-5-7-14(22-23-3)17(18)21-16-13(20-2)6-4-10(15(16)18)8-12(11)19/h5-6,14,17,20,22H,4,7-10H2,1-3H3;5-7,9,14,17,20,22H,4,8,10H2,1-3H3;5-8,12-14,18,20-21H,4,9-10H2,1-3H3;5-8,12-13,18,20H,4,9-10H2,1-3H3;4-7,12,17,23H,3,8-9H2,1-2H3/t2*14?,17?,18-,19?;12?,13?,14?,18?,19-;12?,13?,18?,19-;12?,17?,18-/m00000/s1. The molecular formula is C94H115N5O17Si. The molecule has 16 aliphatic rings. The predicted molar refractivity (Wildman–Crippen MR) is 447 cm³/mol. The molecule has 5 aromatic carbocycles. The molecule has 622 valence electrons. The van der Waals surface area contributed by atoms with Crippen LogP contribution in [-0.4, -0.2) is 208 Å². The Morgan fingerprint density at radius 2 is 0.983 bits per heavy atom. The third-order valence-corrected chi connectivity index (χ3v) is 30.4. The molecule has 20 atom stereocenters. The first-order valence-corrected chi connectivity index (χ1v) is 43.6. The van der Waals surface area contributed by atoms with Gasteiger partial charge < -0.3 is 88.4 Å². The SMILES string of the molecule is C=[SiH]OC1=CC=C2C3Cc4ccc(OC)c5c4[C@@]2(CN3C)C1O5.CCC[C@]12c3c4ccc(OC)c3OC1C(=O)C=CC2(O)C(NC)C4.CCC[C@]12c3c4ccc(OC)c3OC1C(=O)C=CC2C(NC)C4.CCC[C@]12c3c4ccc(OC)c3OC1C(=O)CCC2(O)C(NC)C4.CCC[C@]12c3c4ccc(OC)c3OC1C(O)C=CC2C(NC)C4. The maximum absolute atomic E-state index is 12.7. The van der Waals surface area contributed by atoms with E-state index in [2.05, 4.69) is 116 Å². The fraction of sp³-hybridized carbons (Fsp3) is 0.532. The van der Waals surface area contributed by atoms with Crippen LogP contribution >= 0.6 is 0 Å². The van der Waals surface area contributed by atoms with E-state index in [-0.39, 0.29) is 73.2 Å². The quantitative estimate of drug-likeness (QED) is 0.0300. The maximum atomic E-state index is 12.7. The van der Waals surface area contributed by atoms with Crippen LogP contribution in [-0.2, 0) is 78.0 Å². The summed E-state index contributed by atoms with van der Waals surface area (Å²) in [6.07, 6.45) is 29.1. The van der Waals surface area contributed by atoms with Gasteiger partial charge in [0.15, 0.2) is 99.3 Å². The minimum Gasteiger partial charge on any atom is -0.520 e. The number of nitrogens with zero attached hydrogens (tertiary/aromatic N) is 1. The molecule has 2 fully saturated rings. The number of benzene rings is 5. The summed E-state index contributed by atoms with van der Waals surface area (Å²) in [5.74, 6) is 9.06. The number of carbonyl (C=O) groups is 3. The molecule has 21 rings (SSSR count). The highest BCUT2D eigenvalue weighted by atomic mass is 28.2. The Hall–Kier alpha value is -8.62. The van der Waals surface area contributed by atoms with Crippen molar-refractivity contribution in [2.75, 3.05) is 77.3 Å². The van der Waals surface area contributed by atoms with Crippen LogP contribution in [0.3, 0.4) is 0 Å². The molecule has 1 saturated carbocycles. The van der Waals surface area contributed by atoms with Crippen molar-refractivity contribution in [3.8, 4) is 57.5 Å². The van der Waals surface area contributed by atoms with E-state index >= 15 is 0 Å². The van der Waals surface area contributed by atoms with Gasteiger partial charge in [0.05, 0.1) is 62.8 Å². The van der Waals surface area contributed by atoms with Crippen LogP contribution in [0.1, 0.15) is 148 Å². The lowest BCUT2D eigenvalue weighted by Crippen LogP contribution is -2.72. The first-order chi connectivity index (χ1) is 56.6. The van der Waals surface area contributed by atoms with Gasteiger partial charge in [0.25, 0.3) is 0 Å². The number of carbonyl (C=O) groups excluding carboxylic acids is 3. The van der Waals surface area contributed by atoms with Crippen LogP contribution in [0.25, 0.3) is 0 Å². The van der Waals surface area contributed by atoms with Gasteiger partial charge in [-0.2, -0.15) is 0 Å². The van der Waals surface area contributed by atoms with Crippen LogP contribution in [0.5, 0.6) is 57.5 Å². The second-order valence-electron chi connectivity index (χ2n) is 34.7. The molecule has 15 unspecified atom stereocenters. The molecule has 10 aliphatic carbocycles. The van der Waals surface area contributed by atoms with Crippen LogP contribution in [0, 0.1) is 11.8 Å². The van der Waals surface area contributed by atoms with Crippen molar-refractivity contribution in [1.29, 1.82) is 0 Å². The van der Waals surface area contributed by atoms with E-state index in [1.807, 2.05) is 70.7 Å². The number of ether oxygens (including phenoxy) is 10. The Kier molecular flexibility index (Phi) is 20.9. The Bertz CT molecular complexity index is 5010. The second kappa shape index (κ2) is 30.3. The molecule has 1 saturated heterocycles. The van der Waals surface area contributed by atoms with Gasteiger partial charge in [-0.3, -0.25) is 19.3 Å². The van der Waals surface area contributed by atoms with Gasteiger partial charge in [-0.15, -0.1) is 0 Å². The monoisotopic (exact) mass is 1610 g/mol. The van der Waals surface area contributed by atoms with Crippen molar-refractivity contribution >= 4 is 32.9 Å². The van der Waals surface area contributed by atoms with Crippen molar-refractivity contribution in [1.82, 2.24) is 26.2 Å². The van der Waals surface area contributed by atoms with Gasteiger partial charge in [0.2, 0.25) is 9.38 Å². The van der Waals surface area contributed by atoms with Crippen LogP contribution in [0.4, 0.5) is 0 Å². The maximum Gasteiger partial charge on any atom is 0.216 e. The smallest absolute Gasteiger partial charge is 0.216 e. The normalized spacial score (nSPS) is 34.9. The number of likely N-dealkylation sites (tertiary alicyclic amines) is 1. The first kappa shape index (κ1) is 80.8. The van der Waals surface area contributed by atoms with Crippen molar-refractivity contribution < 1.29 is 81.5 Å². The van der Waals surface area contributed by atoms with Gasteiger partial charge in [0.1, 0.15) is 23.6 Å². The lowest BCUT2D eigenvalue weighted by Gasteiger charge is -2.56. The molecule has 117 heavy (non-hydrogen) atoms. The molecule has 6 heterocycles. The van der Waals surface area contributed by atoms with E-state index in [9.17, 15) is 29.7 Å². The number of ketones is 3. The molecule has 6 aliphatic heterocycles. The van der Waals surface area contributed by atoms with Crippen LogP contribution in [0.15, 0.2) is 121 Å². The molecule has 23 heteroatoms. The predicted octanol–water partition coefficient (Wildman–Crippen LogP) is 9.01. The number of likely N-dealkylation sites (N-methyl/N-ethyl adjacent to an activating group) is 5. The number of methoxy groups -OCH3 is 5. The molecule has 0 aromatic heterocycles. The zero-order chi connectivity index (χ0) is 82.4. The second-order valence-corrected chi connectivity index (χ2v) is 35.3. The van der Waals surface area contributed by atoms with E-state index in [4.69, 9.17) is 51.8 Å². The molecule has 0 radical (unpaired) electrons. The Morgan fingerprint density at radius 1 is 0.513 bits per heavy atom. The Morgan fingerprint density at radius 3 is 1.54 bits per heavy atom. The number of nitrogens with one attached hydrogen (secondary N) is 4. The Labute approximate surface area is 689 Å². The fourth-order valence-corrected chi connectivity index (χ4v) is 26.0. The number of hydrogen-bond acceptors (Lipinski definition) is 22. The van der Waals surface area contributed by atoms with E-state index < -0.39 is 46.4 Å². The molecule has 2 bridgehead atoms. The summed E-state index contributed by atoms with van der Waals surface area (Å²) in [5.41, 5.74) is 9.41. The van der Waals surface area contributed by atoms with Crippen molar-refractivity contribution in [3.05, 3.63) is 176 Å². The van der Waals surface area contributed by atoms with Gasteiger partial charge in [0, 0.05) is 88.2 Å². The van der Waals surface area contributed by atoms with E-state index in [1.54, 1.807) is 47.7 Å². The molecule has 7 N–H and O–H groups in total. The fourth-order valence-electron chi connectivity index (χ4n) is 25.6. The van der Waals surface area contributed by atoms with E-state index in [0.717, 1.165) is 140 Å². The highest BCUT2D eigenvalue weighted by Gasteiger charge is 2.73. The van der Waals surface area contributed by atoms with Crippen molar-refractivity contribution in [2.45, 2.75) is 229 Å². The molecule has 5 aromatic rings. The van der Waals surface area contributed by atoms with Crippen molar-refractivity contribution in [3.63, 3.8) is 0 Å². The third kappa shape index (κ3) is 11.0. The summed E-state index contributed by atoms with van der Waals surface area (Å²) in [6.45, 7) is 9.53. The van der Waals surface area contributed by atoms with Gasteiger partial charge >= 0.3 is 0 Å². The van der Waals surface area contributed by atoms with Crippen LogP contribution < -0.4 is 68.6 Å². The number of Topliss-reactive ketones (excluding diaryl/α,β-unsaturated/α-hetero) is 1. The zero-order valence-corrected chi connectivity index (χ0v) is 71.2. The van der Waals surface area contributed by atoms with Gasteiger partial charge in [-0.25, -0.2) is 0 Å². The average molecular weight is 1620 g/mol. The minimum absolute atomic E-state index is 0.0793. The molecule has 0 amide bonds. The van der Waals surface area contributed by atoms with E-state index in [1.165, 1.54) is 45.0 Å². The van der Waals surface area contributed by atoms with Crippen LogP contribution in [0.2, 0.25) is 0 Å². The van der Waals surface area contributed by atoms with Gasteiger partial charge in [-0.1, -0.05) is 114 Å². The summed E-state index contributed by atoms with van der Waals surface area (Å²) in [4.78, 5) is 40.5. The minimum atomic E-state index is -1.17. The zero-order valence-electron chi connectivity index (χ0n) is 70.0. The molecular weight excluding hydrogens is 1500 g/mol. The summed E-state index contributed by atoms with van der Waals surface area (Å²) in [6, 6.07) is 21.3. The summed E-state index contributed by atoms with van der Waals surface area (Å²) in [7, 11) is 17.9. The first-order valence-electron chi connectivity index (χ1n) is 42.3. The summed E-state index contributed by atoms with van der Waals surface area (Å²) >= 11 is 0. The average Bonchev–Trinajstić information content (AvgIpc) is 1.57. The summed E-state index contributed by atoms with van der Waals surface area (Å²) < 4.78 is 64.8. The lowest BCUT2D eigenvalue weighted by atomic mass is 9.50.